The van der Waals surface area contributed by atoms with Crippen LogP contribution in [-0.4, -0.2) is 78.1 Å². The number of aliphatic hydroxyl groups excluding tert-OH is 1. The summed E-state index contributed by atoms with van der Waals surface area (Å²) in [5.74, 6) is -1.76. The minimum absolute atomic E-state index is 0.128. The average Bonchev–Trinajstić information content (AvgIpc) is 3.19. The van der Waals surface area contributed by atoms with Gasteiger partial charge in [0.25, 0.3) is 5.91 Å². The first-order valence-electron chi connectivity index (χ1n) is 10.8. The first-order chi connectivity index (χ1) is 15.3. The molecule has 0 radical (unpaired) electrons. The zero-order valence-corrected chi connectivity index (χ0v) is 18.3. The number of carbonyl (C=O) groups is 4. The van der Waals surface area contributed by atoms with E-state index in [-0.39, 0.29) is 43.5 Å². The molecule has 3 rings (SSSR count). The SMILES string of the molecule is CC(C)[C@@H]1NC(=O)C[C@@H](C(=O)N2CC[C@@H](O)C2)NC(=O)c2ccccc2OCCNC1=O. The smallest absolute Gasteiger partial charge is 0.255 e. The monoisotopic (exact) mass is 446 g/mol. The summed E-state index contributed by atoms with van der Waals surface area (Å²) in [7, 11) is 0. The van der Waals surface area contributed by atoms with Gasteiger partial charge in [0.2, 0.25) is 17.7 Å². The number of hydrogen-bond acceptors (Lipinski definition) is 6. The van der Waals surface area contributed by atoms with E-state index in [2.05, 4.69) is 16.0 Å². The van der Waals surface area contributed by atoms with Crippen molar-refractivity contribution in [3.63, 3.8) is 0 Å². The summed E-state index contributed by atoms with van der Waals surface area (Å²) in [6.07, 6.45) is -0.535. The van der Waals surface area contributed by atoms with E-state index in [0.29, 0.717) is 18.7 Å². The number of nitrogens with zero attached hydrogens (tertiary/aromatic N) is 1. The number of likely N-dealkylation sites (tertiary alicyclic amines) is 1. The zero-order valence-electron chi connectivity index (χ0n) is 18.3. The summed E-state index contributed by atoms with van der Waals surface area (Å²) in [6, 6.07) is 4.62. The lowest BCUT2D eigenvalue weighted by Crippen LogP contribution is -2.54. The number of carbonyl (C=O) groups excluding carboxylic acids is 4. The van der Waals surface area contributed by atoms with Gasteiger partial charge in [-0.1, -0.05) is 26.0 Å². The van der Waals surface area contributed by atoms with Gasteiger partial charge in [-0.3, -0.25) is 19.2 Å². The Morgan fingerprint density at radius 3 is 2.62 bits per heavy atom. The summed E-state index contributed by atoms with van der Waals surface area (Å²) < 4.78 is 5.69. The number of fused-ring (bicyclic) bond motifs is 1. The van der Waals surface area contributed by atoms with Gasteiger partial charge >= 0.3 is 0 Å². The molecule has 1 saturated heterocycles. The molecule has 0 saturated carbocycles. The first-order valence-corrected chi connectivity index (χ1v) is 10.8. The molecule has 4 N–H and O–H groups in total. The van der Waals surface area contributed by atoms with Crippen LogP contribution in [-0.2, 0) is 14.4 Å². The minimum Gasteiger partial charge on any atom is -0.491 e. The average molecular weight is 447 g/mol. The Labute approximate surface area is 186 Å². The maximum Gasteiger partial charge on any atom is 0.255 e. The van der Waals surface area contributed by atoms with E-state index >= 15 is 0 Å². The molecule has 4 amide bonds. The summed E-state index contributed by atoms with van der Waals surface area (Å²) >= 11 is 0. The van der Waals surface area contributed by atoms with Crippen LogP contribution in [0.25, 0.3) is 0 Å². The number of ether oxygens (including phenoxy) is 1. The summed E-state index contributed by atoms with van der Waals surface area (Å²) in [6.45, 7) is 4.41. The van der Waals surface area contributed by atoms with Crippen molar-refractivity contribution >= 4 is 23.6 Å². The molecule has 2 heterocycles. The molecule has 0 unspecified atom stereocenters. The van der Waals surface area contributed by atoms with Crippen LogP contribution in [0.15, 0.2) is 24.3 Å². The number of benzene rings is 1. The maximum atomic E-state index is 13.1. The van der Waals surface area contributed by atoms with E-state index in [1.807, 2.05) is 0 Å². The highest BCUT2D eigenvalue weighted by Crippen LogP contribution is 2.19. The second-order valence-corrected chi connectivity index (χ2v) is 8.38. The molecule has 1 aromatic carbocycles. The summed E-state index contributed by atoms with van der Waals surface area (Å²) in [5, 5.41) is 17.9. The second-order valence-electron chi connectivity index (χ2n) is 8.38. The third-order valence-electron chi connectivity index (χ3n) is 5.52. The number of aliphatic hydroxyl groups is 1. The molecule has 10 heteroatoms. The van der Waals surface area contributed by atoms with Crippen molar-refractivity contribution in [2.24, 2.45) is 5.92 Å². The Bertz CT molecular complexity index is 874. The Morgan fingerprint density at radius 1 is 1.19 bits per heavy atom. The number of para-hydroxylation sites is 1. The van der Waals surface area contributed by atoms with Gasteiger partial charge in [0.15, 0.2) is 0 Å². The van der Waals surface area contributed by atoms with Crippen molar-refractivity contribution < 1.29 is 29.0 Å². The normalized spacial score (nSPS) is 25.2. The molecule has 0 bridgehead atoms. The van der Waals surface area contributed by atoms with Gasteiger partial charge in [-0.15, -0.1) is 0 Å². The summed E-state index contributed by atoms with van der Waals surface area (Å²) in [5.41, 5.74) is 0.218. The van der Waals surface area contributed by atoms with Crippen molar-refractivity contribution in [1.29, 1.82) is 0 Å². The van der Waals surface area contributed by atoms with Crippen molar-refractivity contribution in [1.82, 2.24) is 20.9 Å². The maximum absolute atomic E-state index is 13.1. The molecule has 174 valence electrons. The highest BCUT2D eigenvalue weighted by atomic mass is 16.5. The van der Waals surface area contributed by atoms with Crippen LogP contribution < -0.4 is 20.7 Å². The van der Waals surface area contributed by atoms with Gasteiger partial charge < -0.3 is 30.7 Å². The molecule has 10 nitrogen and oxygen atoms in total. The number of nitrogens with one attached hydrogen (secondary N) is 3. The lowest BCUT2D eigenvalue weighted by molar-refractivity contribution is -0.136. The number of hydrogen-bond donors (Lipinski definition) is 4. The largest absolute Gasteiger partial charge is 0.491 e. The Morgan fingerprint density at radius 2 is 1.94 bits per heavy atom. The first kappa shape index (κ1) is 23.5. The van der Waals surface area contributed by atoms with E-state index in [4.69, 9.17) is 4.74 Å². The fraction of sp³-hybridized carbons (Fsp3) is 0.545. The van der Waals surface area contributed by atoms with Gasteiger partial charge in [-0.05, 0) is 24.5 Å². The van der Waals surface area contributed by atoms with Gasteiger partial charge in [-0.2, -0.15) is 0 Å². The fourth-order valence-corrected chi connectivity index (χ4v) is 3.78. The quantitative estimate of drug-likeness (QED) is 0.480. The van der Waals surface area contributed by atoms with E-state index < -0.39 is 35.9 Å². The fourth-order valence-electron chi connectivity index (χ4n) is 3.78. The third-order valence-corrected chi connectivity index (χ3v) is 5.52. The van der Waals surface area contributed by atoms with E-state index in [1.54, 1.807) is 38.1 Å². The highest BCUT2D eigenvalue weighted by molar-refractivity contribution is 6.01. The number of rotatable bonds is 2. The van der Waals surface area contributed by atoms with Crippen molar-refractivity contribution in [2.45, 2.75) is 44.9 Å². The molecular formula is C22H30N4O6. The zero-order chi connectivity index (χ0) is 23.3. The Kier molecular flexibility index (Phi) is 7.68. The Balaban J connectivity index is 1.89. The molecule has 0 spiro atoms. The molecule has 1 fully saturated rings. The van der Waals surface area contributed by atoms with Crippen LogP contribution in [0.1, 0.15) is 37.0 Å². The lowest BCUT2D eigenvalue weighted by Gasteiger charge is -2.26. The van der Waals surface area contributed by atoms with Gasteiger partial charge in [-0.25, -0.2) is 0 Å². The van der Waals surface area contributed by atoms with Gasteiger partial charge in [0.05, 0.1) is 24.6 Å². The van der Waals surface area contributed by atoms with E-state index in [1.165, 1.54) is 4.90 Å². The molecule has 0 aliphatic carbocycles. The molecule has 32 heavy (non-hydrogen) atoms. The molecule has 3 atom stereocenters. The summed E-state index contributed by atoms with van der Waals surface area (Å²) in [4.78, 5) is 52.8. The molecule has 1 aromatic rings. The van der Waals surface area contributed by atoms with Crippen LogP contribution in [0.5, 0.6) is 5.75 Å². The van der Waals surface area contributed by atoms with Crippen LogP contribution >= 0.6 is 0 Å². The van der Waals surface area contributed by atoms with Crippen LogP contribution in [0.3, 0.4) is 0 Å². The van der Waals surface area contributed by atoms with Crippen LogP contribution in [0, 0.1) is 5.92 Å². The van der Waals surface area contributed by atoms with Crippen molar-refractivity contribution in [3.8, 4) is 5.75 Å². The van der Waals surface area contributed by atoms with E-state index in [9.17, 15) is 24.3 Å². The number of β-amino-alcohol motifs (C(OH)–C–C–N with tert-alkyl or cyclic N) is 1. The lowest BCUT2D eigenvalue weighted by atomic mass is 10.0. The molecule has 2 aliphatic rings. The topological polar surface area (TPSA) is 137 Å². The van der Waals surface area contributed by atoms with Crippen LogP contribution in [0.4, 0.5) is 0 Å². The second kappa shape index (κ2) is 10.4. The van der Waals surface area contributed by atoms with Crippen molar-refractivity contribution in [2.75, 3.05) is 26.2 Å². The van der Waals surface area contributed by atoms with Gasteiger partial charge in [0, 0.05) is 13.1 Å². The molecule has 2 aliphatic heterocycles. The predicted molar refractivity (Wildman–Crippen MR) is 115 cm³/mol. The molecular weight excluding hydrogens is 416 g/mol. The minimum atomic E-state index is -1.15. The number of amides is 4. The van der Waals surface area contributed by atoms with Crippen molar-refractivity contribution in [3.05, 3.63) is 29.8 Å². The third kappa shape index (κ3) is 5.76. The Hall–Kier alpha value is -3.14. The van der Waals surface area contributed by atoms with E-state index in [0.717, 1.165) is 0 Å². The van der Waals surface area contributed by atoms with Crippen LogP contribution in [0.2, 0.25) is 0 Å². The standard InChI is InChI=1S/C22H30N4O6/c1-13(2)19-21(30)23-8-10-32-17-6-4-3-5-15(17)20(29)24-16(11-18(28)25-19)22(31)26-9-7-14(27)12-26/h3-6,13-14,16,19,27H,7-12H2,1-2H3,(H,23,30)(H,24,29)(H,25,28)/t14-,16+,19+/m1/s1. The predicted octanol–water partition coefficient (Wildman–Crippen LogP) is -0.582. The van der Waals surface area contributed by atoms with Gasteiger partial charge in [0.1, 0.15) is 24.4 Å². The molecule has 0 aromatic heterocycles. The highest BCUT2D eigenvalue weighted by Gasteiger charge is 2.34.